The van der Waals surface area contributed by atoms with E-state index in [2.05, 4.69) is 4.18 Å². The minimum absolute atomic E-state index is 0.129. The van der Waals surface area contributed by atoms with Crippen molar-refractivity contribution < 1.29 is 17.7 Å². The molecule has 2 unspecified atom stereocenters. The van der Waals surface area contributed by atoms with Gasteiger partial charge in [0.25, 0.3) is 0 Å². The van der Waals surface area contributed by atoms with Gasteiger partial charge in [-0.3, -0.25) is 8.74 Å². The van der Waals surface area contributed by atoms with E-state index in [1.807, 2.05) is 24.3 Å². The van der Waals surface area contributed by atoms with Gasteiger partial charge in [0.2, 0.25) is 0 Å². The van der Waals surface area contributed by atoms with Crippen LogP contribution in [0.25, 0.3) is 0 Å². The van der Waals surface area contributed by atoms with Crippen LogP contribution in [0.5, 0.6) is 5.75 Å². The Morgan fingerprint density at radius 3 is 3.13 bits per heavy atom. The number of para-hydroxylation sites is 1. The lowest BCUT2D eigenvalue weighted by molar-refractivity contribution is 0.111. The summed E-state index contributed by atoms with van der Waals surface area (Å²) in [5.74, 6) is 0.848. The first-order valence-electron chi connectivity index (χ1n) is 4.74. The molecule has 0 saturated heterocycles. The first-order chi connectivity index (χ1) is 7.25. The fraction of sp³-hybridized carbons (Fsp3) is 0.400. The van der Waals surface area contributed by atoms with Gasteiger partial charge in [-0.05, 0) is 24.5 Å². The molecule has 4 nitrogen and oxygen atoms in total. The zero-order chi connectivity index (χ0) is 10.7. The number of hydrogen-bond acceptors (Lipinski definition) is 3. The zero-order valence-corrected chi connectivity index (χ0v) is 8.90. The molecule has 0 aliphatic carbocycles. The van der Waals surface area contributed by atoms with Crippen LogP contribution in [0.3, 0.4) is 0 Å². The summed E-state index contributed by atoms with van der Waals surface area (Å²) in [5, 5.41) is 0. The summed E-state index contributed by atoms with van der Waals surface area (Å²) in [6.07, 6.45) is 1.60. The molecular weight excluding hydrogens is 216 g/mol. The maximum Gasteiger partial charge on any atom is 0.302 e. The largest absolute Gasteiger partial charge is 0.488 e. The normalized spacial score (nSPS) is 21.5. The van der Waals surface area contributed by atoms with E-state index in [0.29, 0.717) is 0 Å². The highest BCUT2D eigenvalue weighted by Crippen LogP contribution is 2.26. The van der Waals surface area contributed by atoms with Crippen molar-refractivity contribution in [1.82, 2.24) is 0 Å². The predicted molar refractivity (Wildman–Crippen MR) is 55.9 cm³/mol. The Balaban J connectivity index is 1.96. The lowest BCUT2D eigenvalue weighted by Crippen LogP contribution is -2.27. The van der Waals surface area contributed by atoms with Crippen molar-refractivity contribution in [2.75, 3.05) is 6.61 Å². The third kappa shape index (κ3) is 2.77. The van der Waals surface area contributed by atoms with Crippen LogP contribution >= 0.6 is 0 Å². The standard InChI is InChI=1S/C10H12O4S/c11-15(12)13-7-9-6-5-8-3-1-2-4-10(8)14-9/h1-4,9H,5-7H2,(H,11,12). The van der Waals surface area contributed by atoms with Gasteiger partial charge in [0.15, 0.2) is 0 Å². The molecular formula is C10H12O4S. The summed E-state index contributed by atoms with van der Waals surface area (Å²) >= 11 is -2.21. The minimum Gasteiger partial charge on any atom is -0.488 e. The number of fused-ring (bicyclic) bond motifs is 1. The number of ether oxygens (including phenoxy) is 1. The van der Waals surface area contributed by atoms with Crippen LogP contribution in [0.4, 0.5) is 0 Å². The molecule has 82 valence electrons. The Morgan fingerprint density at radius 1 is 1.53 bits per heavy atom. The molecule has 1 aliphatic heterocycles. The van der Waals surface area contributed by atoms with Crippen LogP contribution < -0.4 is 4.74 Å². The van der Waals surface area contributed by atoms with E-state index in [4.69, 9.17) is 9.29 Å². The Kier molecular flexibility index (Phi) is 3.35. The van der Waals surface area contributed by atoms with Crippen LogP contribution in [0, 0.1) is 0 Å². The highest BCUT2D eigenvalue weighted by atomic mass is 32.2. The molecule has 0 radical (unpaired) electrons. The number of hydrogen-bond donors (Lipinski definition) is 1. The Labute approximate surface area is 90.7 Å². The van der Waals surface area contributed by atoms with Crippen molar-refractivity contribution in [2.45, 2.75) is 18.9 Å². The summed E-state index contributed by atoms with van der Waals surface area (Å²) in [6.45, 7) is 0.150. The van der Waals surface area contributed by atoms with Crippen molar-refractivity contribution in [1.29, 1.82) is 0 Å². The van der Waals surface area contributed by atoms with Crippen LogP contribution in [0.1, 0.15) is 12.0 Å². The molecule has 1 heterocycles. The second-order valence-electron chi connectivity index (χ2n) is 3.39. The first kappa shape index (κ1) is 10.6. The quantitative estimate of drug-likeness (QED) is 0.797. The maximum atomic E-state index is 10.3. The van der Waals surface area contributed by atoms with Crippen LogP contribution in [-0.4, -0.2) is 21.5 Å². The topological polar surface area (TPSA) is 55.8 Å². The molecule has 2 rings (SSSR count). The summed E-state index contributed by atoms with van der Waals surface area (Å²) in [7, 11) is 0. The van der Waals surface area contributed by atoms with E-state index in [9.17, 15) is 4.21 Å². The lowest BCUT2D eigenvalue weighted by atomic mass is 10.0. The van der Waals surface area contributed by atoms with E-state index < -0.39 is 11.4 Å². The van der Waals surface area contributed by atoms with Gasteiger partial charge in [0.05, 0.1) is 0 Å². The van der Waals surface area contributed by atoms with E-state index in [1.165, 1.54) is 5.56 Å². The molecule has 0 saturated carbocycles. The summed E-state index contributed by atoms with van der Waals surface area (Å²) in [5.41, 5.74) is 1.18. The molecule has 2 atom stereocenters. The third-order valence-corrected chi connectivity index (χ3v) is 2.69. The summed E-state index contributed by atoms with van der Waals surface area (Å²) in [4.78, 5) is 0. The zero-order valence-electron chi connectivity index (χ0n) is 8.09. The molecule has 0 bridgehead atoms. The van der Waals surface area contributed by atoms with Gasteiger partial charge >= 0.3 is 11.4 Å². The van der Waals surface area contributed by atoms with E-state index in [1.54, 1.807) is 0 Å². The van der Waals surface area contributed by atoms with Gasteiger partial charge in [-0.15, -0.1) is 0 Å². The average molecular weight is 228 g/mol. The van der Waals surface area contributed by atoms with Gasteiger partial charge in [-0.25, -0.2) is 0 Å². The van der Waals surface area contributed by atoms with Crippen molar-refractivity contribution >= 4 is 11.4 Å². The van der Waals surface area contributed by atoms with Crippen molar-refractivity contribution in [3.8, 4) is 5.75 Å². The highest BCUT2D eigenvalue weighted by molar-refractivity contribution is 7.74. The molecule has 0 spiro atoms. The molecule has 0 fully saturated rings. The molecule has 0 aromatic heterocycles. The van der Waals surface area contributed by atoms with Crippen molar-refractivity contribution in [3.05, 3.63) is 29.8 Å². The fourth-order valence-electron chi connectivity index (χ4n) is 1.63. The number of aryl methyl sites for hydroxylation is 1. The van der Waals surface area contributed by atoms with E-state index in [-0.39, 0.29) is 12.7 Å². The molecule has 0 amide bonds. The van der Waals surface area contributed by atoms with Gasteiger partial charge < -0.3 is 4.74 Å². The monoisotopic (exact) mass is 228 g/mol. The number of benzene rings is 1. The van der Waals surface area contributed by atoms with Gasteiger partial charge in [0.1, 0.15) is 18.5 Å². The van der Waals surface area contributed by atoms with Crippen LogP contribution in [-0.2, 0) is 22.0 Å². The average Bonchev–Trinajstić information content (AvgIpc) is 2.26. The highest BCUT2D eigenvalue weighted by Gasteiger charge is 2.19. The van der Waals surface area contributed by atoms with Crippen molar-refractivity contribution in [2.24, 2.45) is 0 Å². The predicted octanol–water partition coefficient (Wildman–Crippen LogP) is 1.53. The Bertz CT molecular complexity index is 366. The first-order valence-corrected chi connectivity index (χ1v) is 5.77. The molecule has 1 aromatic rings. The summed E-state index contributed by atoms with van der Waals surface area (Å²) in [6, 6.07) is 7.81. The SMILES string of the molecule is O=S(O)OCC1CCc2ccccc2O1. The molecule has 15 heavy (non-hydrogen) atoms. The van der Waals surface area contributed by atoms with Gasteiger partial charge in [-0.1, -0.05) is 18.2 Å². The van der Waals surface area contributed by atoms with Crippen LogP contribution in [0.2, 0.25) is 0 Å². The lowest BCUT2D eigenvalue weighted by Gasteiger charge is -2.25. The van der Waals surface area contributed by atoms with Gasteiger partial charge in [0, 0.05) is 0 Å². The van der Waals surface area contributed by atoms with E-state index in [0.717, 1.165) is 18.6 Å². The second kappa shape index (κ2) is 4.74. The van der Waals surface area contributed by atoms with E-state index >= 15 is 0 Å². The maximum absolute atomic E-state index is 10.3. The number of rotatable bonds is 3. The Hall–Kier alpha value is -0.910. The molecule has 1 aliphatic rings. The van der Waals surface area contributed by atoms with Crippen molar-refractivity contribution in [3.63, 3.8) is 0 Å². The fourth-order valence-corrected chi connectivity index (χ4v) is 1.90. The molecule has 5 heteroatoms. The smallest absolute Gasteiger partial charge is 0.302 e. The molecule has 1 N–H and O–H groups in total. The Morgan fingerprint density at radius 2 is 2.33 bits per heavy atom. The minimum atomic E-state index is -2.21. The van der Waals surface area contributed by atoms with Gasteiger partial charge in [-0.2, -0.15) is 4.21 Å². The summed E-state index contributed by atoms with van der Waals surface area (Å²) < 4.78 is 29.0. The second-order valence-corrected chi connectivity index (χ2v) is 4.06. The molecule has 1 aromatic carbocycles. The van der Waals surface area contributed by atoms with Crippen LogP contribution in [0.15, 0.2) is 24.3 Å². The third-order valence-electron chi connectivity index (χ3n) is 2.36.